The van der Waals surface area contributed by atoms with Crippen LogP contribution >= 0.6 is 39.1 Å². The van der Waals surface area contributed by atoms with Gasteiger partial charge in [-0.05, 0) is 55.3 Å². The van der Waals surface area contributed by atoms with Crippen molar-refractivity contribution >= 4 is 39.1 Å². The highest BCUT2D eigenvalue weighted by molar-refractivity contribution is 9.10. The lowest BCUT2D eigenvalue weighted by atomic mass is 9.99. The second-order valence-corrected chi connectivity index (χ2v) is 6.52. The molecule has 20 heavy (non-hydrogen) atoms. The van der Waals surface area contributed by atoms with Gasteiger partial charge in [-0.3, -0.25) is 0 Å². The van der Waals surface area contributed by atoms with Crippen molar-refractivity contribution in [2.75, 3.05) is 7.05 Å². The number of rotatable bonds is 5. The summed E-state index contributed by atoms with van der Waals surface area (Å²) in [5, 5.41) is 4.76. The maximum atomic E-state index is 6.24. The van der Waals surface area contributed by atoms with Gasteiger partial charge in [0.1, 0.15) is 0 Å². The van der Waals surface area contributed by atoms with Crippen LogP contribution in [0.4, 0.5) is 0 Å². The van der Waals surface area contributed by atoms with Crippen molar-refractivity contribution in [1.82, 2.24) is 5.32 Å². The zero-order valence-electron chi connectivity index (χ0n) is 11.2. The highest BCUT2D eigenvalue weighted by atomic mass is 79.9. The third-order valence-corrected chi connectivity index (χ3v) is 4.40. The van der Waals surface area contributed by atoms with Crippen LogP contribution in [0.15, 0.2) is 46.9 Å². The summed E-state index contributed by atoms with van der Waals surface area (Å²) in [7, 11) is 1.98. The first-order chi connectivity index (χ1) is 9.58. The number of likely N-dealkylation sites (N-methyl/N-ethyl adjacent to an activating group) is 1. The van der Waals surface area contributed by atoms with Gasteiger partial charge in [0.25, 0.3) is 0 Å². The maximum Gasteiger partial charge on any atom is 0.0453 e. The quantitative estimate of drug-likeness (QED) is 0.767. The molecule has 0 aliphatic carbocycles. The Hall–Kier alpha value is -0.540. The van der Waals surface area contributed by atoms with E-state index in [9.17, 15) is 0 Å². The van der Waals surface area contributed by atoms with Gasteiger partial charge < -0.3 is 5.32 Å². The number of nitrogens with one attached hydrogen (secondary N) is 1. The lowest BCUT2D eigenvalue weighted by Crippen LogP contribution is -2.30. The molecule has 0 amide bonds. The zero-order valence-corrected chi connectivity index (χ0v) is 14.3. The molecule has 2 aromatic carbocycles. The highest BCUT2D eigenvalue weighted by Gasteiger charge is 2.11. The first kappa shape index (κ1) is 15.8. The third-order valence-electron chi connectivity index (χ3n) is 3.29. The Kier molecular flexibility index (Phi) is 5.91. The molecule has 2 rings (SSSR count). The molecule has 0 aromatic heterocycles. The average molecular weight is 373 g/mol. The Balaban J connectivity index is 2.07. The smallest absolute Gasteiger partial charge is 0.0453 e. The molecule has 4 heteroatoms. The Bertz CT molecular complexity index is 569. The average Bonchev–Trinajstić information content (AvgIpc) is 2.43. The Morgan fingerprint density at radius 3 is 2.35 bits per heavy atom. The van der Waals surface area contributed by atoms with Gasteiger partial charge in [-0.25, -0.2) is 0 Å². The minimum atomic E-state index is 0.342. The topological polar surface area (TPSA) is 12.0 Å². The molecule has 1 atom stereocenters. The molecular weight excluding hydrogens is 357 g/mol. The molecule has 0 saturated carbocycles. The van der Waals surface area contributed by atoms with E-state index in [-0.39, 0.29) is 0 Å². The molecule has 0 radical (unpaired) electrons. The largest absolute Gasteiger partial charge is 0.316 e. The Morgan fingerprint density at radius 2 is 1.75 bits per heavy atom. The first-order valence-corrected chi connectivity index (χ1v) is 7.99. The van der Waals surface area contributed by atoms with E-state index in [0.29, 0.717) is 11.1 Å². The van der Waals surface area contributed by atoms with E-state index in [1.807, 2.05) is 19.2 Å². The molecule has 0 aliphatic heterocycles. The fourth-order valence-electron chi connectivity index (χ4n) is 2.13. The minimum absolute atomic E-state index is 0.342. The molecule has 0 bridgehead atoms. The van der Waals surface area contributed by atoms with E-state index in [0.717, 1.165) is 27.9 Å². The van der Waals surface area contributed by atoms with Crippen LogP contribution in [0.25, 0.3) is 0 Å². The van der Waals surface area contributed by atoms with Gasteiger partial charge in [-0.1, -0.05) is 57.3 Å². The molecule has 0 fully saturated rings. The van der Waals surface area contributed by atoms with Crippen LogP contribution in [0.5, 0.6) is 0 Å². The summed E-state index contributed by atoms with van der Waals surface area (Å²) < 4.78 is 1.10. The number of hydrogen-bond acceptors (Lipinski definition) is 1. The predicted octanol–water partition coefficient (Wildman–Crippen LogP) is 5.13. The van der Waals surface area contributed by atoms with Gasteiger partial charge in [-0.2, -0.15) is 0 Å². The molecule has 2 aromatic rings. The molecule has 106 valence electrons. The second-order valence-electron chi connectivity index (χ2n) is 4.76. The monoisotopic (exact) mass is 371 g/mol. The van der Waals surface area contributed by atoms with Crippen LogP contribution < -0.4 is 5.32 Å². The highest BCUT2D eigenvalue weighted by Crippen LogP contribution is 2.23. The van der Waals surface area contributed by atoms with Crippen LogP contribution in [0.1, 0.15) is 11.1 Å². The molecular formula is C16H16BrCl2N. The van der Waals surface area contributed by atoms with Crippen molar-refractivity contribution in [3.05, 3.63) is 68.1 Å². The van der Waals surface area contributed by atoms with Gasteiger partial charge in [0, 0.05) is 20.6 Å². The van der Waals surface area contributed by atoms with Crippen LogP contribution in [-0.2, 0) is 12.8 Å². The van der Waals surface area contributed by atoms with Crippen molar-refractivity contribution < 1.29 is 0 Å². The van der Waals surface area contributed by atoms with Crippen LogP contribution in [0, 0.1) is 0 Å². The third kappa shape index (κ3) is 4.49. The van der Waals surface area contributed by atoms with E-state index >= 15 is 0 Å². The van der Waals surface area contributed by atoms with Gasteiger partial charge >= 0.3 is 0 Å². The fraction of sp³-hybridized carbons (Fsp3) is 0.250. The van der Waals surface area contributed by atoms with Crippen LogP contribution in [0.2, 0.25) is 10.0 Å². The number of benzene rings is 2. The predicted molar refractivity (Wildman–Crippen MR) is 90.9 cm³/mol. The van der Waals surface area contributed by atoms with Gasteiger partial charge in [-0.15, -0.1) is 0 Å². The zero-order chi connectivity index (χ0) is 14.5. The van der Waals surface area contributed by atoms with Crippen LogP contribution in [-0.4, -0.2) is 13.1 Å². The molecule has 1 nitrogen and oxygen atoms in total. The molecule has 0 heterocycles. The van der Waals surface area contributed by atoms with Gasteiger partial charge in [0.15, 0.2) is 0 Å². The summed E-state index contributed by atoms with van der Waals surface area (Å²) in [6, 6.07) is 14.4. The molecule has 0 saturated heterocycles. The van der Waals surface area contributed by atoms with Crippen molar-refractivity contribution in [2.45, 2.75) is 18.9 Å². The van der Waals surface area contributed by atoms with Crippen molar-refractivity contribution in [3.63, 3.8) is 0 Å². The summed E-state index contributed by atoms with van der Waals surface area (Å²) in [5.74, 6) is 0. The Labute approximate surface area is 138 Å². The number of hydrogen-bond donors (Lipinski definition) is 1. The first-order valence-electron chi connectivity index (χ1n) is 6.44. The standard InChI is InChI=1S/C16H16BrCl2N/c1-20-15(8-11-2-5-13(17)6-3-11)9-12-4-7-14(18)10-16(12)19/h2-7,10,15,20H,8-9H2,1H3. The number of halogens is 3. The molecule has 0 spiro atoms. The van der Waals surface area contributed by atoms with Crippen molar-refractivity contribution in [3.8, 4) is 0 Å². The van der Waals surface area contributed by atoms with E-state index in [1.165, 1.54) is 5.56 Å². The molecule has 0 aliphatic rings. The fourth-order valence-corrected chi connectivity index (χ4v) is 2.88. The lowest BCUT2D eigenvalue weighted by Gasteiger charge is -2.17. The SMILES string of the molecule is CNC(Cc1ccc(Br)cc1)Cc1ccc(Cl)cc1Cl. The summed E-state index contributed by atoms with van der Waals surface area (Å²) in [4.78, 5) is 0. The van der Waals surface area contributed by atoms with E-state index in [2.05, 4.69) is 45.5 Å². The minimum Gasteiger partial charge on any atom is -0.316 e. The van der Waals surface area contributed by atoms with Crippen LogP contribution in [0.3, 0.4) is 0 Å². The second kappa shape index (κ2) is 7.46. The molecule has 1 unspecified atom stereocenters. The Morgan fingerprint density at radius 1 is 1.05 bits per heavy atom. The lowest BCUT2D eigenvalue weighted by molar-refractivity contribution is 0.556. The van der Waals surface area contributed by atoms with E-state index in [4.69, 9.17) is 23.2 Å². The maximum absolute atomic E-state index is 6.24. The van der Waals surface area contributed by atoms with Gasteiger partial charge in [0.05, 0.1) is 0 Å². The summed E-state index contributed by atoms with van der Waals surface area (Å²) in [6.07, 6.45) is 1.84. The normalized spacial score (nSPS) is 12.4. The van der Waals surface area contributed by atoms with Gasteiger partial charge in [0.2, 0.25) is 0 Å². The summed E-state index contributed by atoms with van der Waals surface area (Å²) >= 11 is 15.6. The van der Waals surface area contributed by atoms with Crippen molar-refractivity contribution in [1.29, 1.82) is 0 Å². The molecule has 1 N–H and O–H groups in total. The summed E-state index contributed by atoms with van der Waals surface area (Å²) in [6.45, 7) is 0. The van der Waals surface area contributed by atoms with E-state index < -0.39 is 0 Å². The van der Waals surface area contributed by atoms with Crippen molar-refractivity contribution in [2.24, 2.45) is 0 Å². The summed E-state index contributed by atoms with van der Waals surface area (Å²) in [5.41, 5.74) is 2.42. The van der Waals surface area contributed by atoms with E-state index in [1.54, 1.807) is 6.07 Å².